The molecule has 0 aromatic carbocycles. The topological polar surface area (TPSA) is 58.4 Å². The van der Waals surface area contributed by atoms with Gasteiger partial charge in [0, 0.05) is 18.5 Å². The van der Waals surface area contributed by atoms with Gasteiger partial charge in [-0.15, -0.1) is 0 Å². The molecule has 0 rings (SSSR count). The van der Waals surface area contributed by atoms with Crippen LogP contribution in [-0.2, 0) is 4.79 Å². The highest BCUT2D eigenvalue weighted by Crippen LogP contribution is 2.11. The molecule has 0 spiro atoms. The van der Waals surface area contributed by atoms with Crippen molar-refractivity contribution in [1.82, 2.24) is 10.3 Å². The SMILES string of the molecule is CSCCC(C)N(C)C(C)CC(=O)NN. The third kappa shape index (κ3) is 6.02. The van der Waals surface area contributed by atoms with Crippen LogP contribution < -0.4 is 11.3 Å². The zero-order valence-electron chi connectivity index (χ0n) is 10.1. The molecule has 90 valence electrons. The molecule has 0 aliphatic carbocycles. The fourth-order valence-electron chi connectivity index (χ4n) is 1.40. The first-order valence-corrected chi connectivity index (χ1v) is 6.62. The number of thioether (sulfide) groups is 1. The van der Waals surface area contributed by atoms with Crippen molar-refractivity contribution in [3.05, 3.63) is 0 Å². The van der Waals surface area contributed by atoms with Gasteiger partial charge in [0.15, 0.2) is 0 Å². The van der Waals surface area contributed by atoms with E-state index in [1.54, 1.807) is 0 Å². The lowest BCUT2D eigenvalue weighted by molar-refractivity contribution is -0.122. The zero-order valence-corrected chi connectivity index (χ0v) is 10.9. The van der Waals surface area contributed by atoms with E-state index in [0.29, 0.717) is 12.5 Å². The van der Waals surface area contributed by atoms with Crippen LogP contribution in [0.4, 0.5) is 0 Å². The molecule has 4 nitrogen and oxygen atoms in total. The Morgan fingerprint density at radius 3 is 2.53 bits per heavy atom. The molecule has 0 saturated heterocycles. The van der Waals surface area contributed by atoms with Crippen LogP contribution in [0.1, 0.15) is 26.7 Å². The van der Waals surface area contributed by atoms with Crippen LogP contribution in [-0.4, -0.2) is 41.9 Å². The van der Waals surface area contributed by atoms with Gasteiger partial charge in [-0.05, 0) is 39.3 Å². The van der Waals surface area contributed by atoms with Crippen molar-refractivity contribution >= 4 is 17.7 Å². The van der Waals surface area contributed by atoms with Gasteiger partial charge in [0.2, 0.25) is 5.91 Å². The number of nitrogens with two attached hydrogens (primary N) is 1. The Morgan fingerprint density at radius 1 is 1.47 bits per heavy atom. The maximum Gasteiger partial charge on any atom is 0.235 e. The van der Waals surface area contributed by atoms with Gasteiger partial charge in [-0.3, -0.25) is 10.2 Å². The third-order valence-corrected chi connectivity index (χ3v) is 3.42. The summed E-state index contributed by atoms with van der Waals surface area (Å²) >= 11 is 1.85. The summed E-state index contributed by atoms with van der Waals surface area (Å²) in [6.45, 7) is 4.23. The lowest BCUT2D eigenvalue weighted by Gasteiger charge is -2.30. The van der Waals surface area contributed by atoms with Gasteiger partial charge >= 0.3 is 0 Å². The van der Waals surface area contributed by atoms with Gasteiger partial charge in [0.05, 0.1) is 0 Å². The van der Waals surface area contributed by atoms with Crippen molar-refractivity contribution in [2.24, 2.45) is 5.84 Å². The molecular weight excluding hydrogens is 210 g/mol. The first-order valence-electron chi connectivity index (χ1n) is 5.23. The minimum absolute atomic E-state index is 0.105. The monoisotopic (exact) mass is 233 g/mol. The highest BCUT2D eigenvalue weighted by Gasteiger charge is 2.17. The number of nitrogens with one attached hydrogen (secondary N) is 1. The van der Waals surface area contributed by atoms with Crippen LogP contribution >= 0.6 is 11.8 Å². The fourth-order valence-corrected chi connectivity index (χ4v) is 1.97. The Labute approximate surface area is 96.9 Å². The lowest BCUT2D eigenvalue weighted by Crippen LogP contribution is -2.41. The van der Waals surface area contributed by atoms with Crippen LogP contribution in [0.25, 0.3) is 0 Å². The molecule has 2 atom stereocenters. The quantitative estimate of drug-likeness (QED) is 0.388. The second kappa shape index (κ2) is 7.96. The summed E-state index contributed by atoms with van der Waals surface area (Å²) in [5.74, 6) is 6.10. The standard InChI is InChI=1S/C10H23N3OS/c1-8(5-6-15-4)13(3)9(2)7-10(14)12-11/h8-9H,5-7,11H2,1-4H3,(H,12,14). The van der Waals surface area contributed by atoms with Crippen LogP contribution in [0.5, 0.6) is 0 Å². The number of hydrogen-bond acceptors (Lipinski definition) is 4. The molecule has 0 saturated carbocycles. The van der Waals surface area contributed by atoms with Crippen molar-refractivity contribution in [2.45, 2.75) is 38.8 Å². The maximum atomic E-state index is 11.1. The fraction of sp³-hybridized carbons (Fsp3) is 0.900. The number of carbonyl (C=O) groups excluding carboxylic acids is 1. The molecule has 0 heterocycles. The van der Waals surface area contributed by atoms with Gasteiger partial charge in [-0.1, -0.05) is 0 Å². The first kappa shape index (κ1) is 14.7. The van der Waals surface area contributed by atoms with Gasteiger partial charge in [0.1, 0.15) is 0 Å². The molecule has 0 bridgehead atoms. The molecule has 0 aliphatic rings. The van der Waals surface area contributed by atoms with E-state index in [0.717, 1.165) is 12.2 Å². The predicted molar refractivity (Wildman–Crippen MR) is 66.6 cm³/mol. The van der Waals surface area contributed by atoms with Crippen molar-refractivity contribution < 1.29 is 4.79 Å². The van der Waals surface area contributed by atoms with Crippen LogP contribution in [0.15, 0.2) is 0 Å². The van der Waals surface area contributed by atoms with Crippen molar-refractivity contribution in [3.63, 3.8) is 0 Å². The zero-order chi connectivity index (χ0) is 11.8. The second-order valence-corrected chi connectivity index (χ2v) is 4.90. The average molecular weight is 233 g/mol. The molecule has 0 fully saturated rings. The summed E-state index contributed by atoms with van der Waals surface area (Å²) in [6.07, 6.45) is 3.71. The molecule has 0 aromatic rings. The van der Waals surface area contributed by atoms with E-state index in [9.17, 15) is 4.79 Å². The van der Waals surface area contributed by atoms with E-state index >= 15 is 0 Å². The number of carbonyl (C=O) groups is 1. The number of nitrogens with zero attached hydrogens (tertiary/aromatic N) is 1. The molecule has 0 aliphatic heterocycles. The van der Waals surface area contributed by atoms with Gasteiger partial charge in [-0.2, -0.15) is 11.8 Å². The van der Waals surface area contributed by atoms with Crippen molar-refractivity contribution in [2.75, 3.05) is 19.1 Å². The average Bonchev–Trinajstić information content (AvgIpc) is 2.24. The number of amides is 1. The van der Waals surface area contributed by atoms with Gasteiger partial charge in [-0.25, -0.2) is 5.84 Å². The van der Waals surface area contributed by atoms with Crippen molar-refractivity contribution in [1.29, 1.82) is 0 Å². The largest absolute Gasteiger partial charge is 0.300 e. The minimum atomic E-state index is -0.105. The van der Waals surface area contributed by atoms with E-state index in [1.807, 2.05) is 18.7 Å². The Morgan fingerprint density at radius 2 is 2.07 bits per heavy atom. The summed E-state index contributed by atoms with van der Waals surface area (Å²) in [5.41, 5.74) is 2.16. The highest BCUT2D eigenvalue weighted by molar-refractivity contribution is 7.98. The Hall–Kier alpha value is -0.260. The second-order valence-electron chi connectivity index (χ2n) is 3.92. The summed E-state index contributed by atoms with van der Waals surface area (Å²) in [6, 6.07) is 0.725. The number of rotatable bonds is 7. The first-order chi connectivity index (χ1) is 7.02. The maximum absolute atomic E-state index is 11.1. The normalized spacial score (nSPS) is 15.1. The van der Waals surface area contributed by atoms with Gasteiger partial charge < -0.3 is 4.90 Å². The van der Waals surface area contributed by atoms with Crippen molar-refractivity contribution in [3.8, 4) is 0 Å². The van der Waals surface area contributed by atoms with E-state index in [4.69, 9.17) is 5.84 Å². The van der Waals surface area contributed by atoms with Gasteiger partial charge in [0.25, 0.3) is 0 Å². The van der Waals surface area contributed by atoms with E-state index in [2.05, 4.69) is 30.6 Å². The number of hydrazine groups is 1. The van der Waals surface area contributed by atoms with E-state index < -0.39 is 0 Å². The van der Waals surface area contributed by atoms with Crippen LogP contribution in [0.3, 0.4) is 0 Å². The molecule has 1 amide bonds. The third-order valence-electron chi connectivity index (χ3n) is 2.77. The summed E-state index contributed by atoms with van der Waals surface area (Å²) < 4.78 is 0. The number of hydrogen-bond donors (Lipinski definition) is 2. The highest BCUT2D eigenvalue weighted by atomic mass is 32.2. The lowest BCUT2D eigenvalue weighted by atomic mass is 10.1. The molecule has 2 unspecified atom stereocenters. The summed E-state index contributed by atoms with van der Waals surface area (Å²) in [7, 11) is 2.06. The van der Waals surface area contributed by atoms with E-state index in [-0.39, 0.29) is 11.9 Å². The molecule has 5 heteroatoms. The molecule has 0 radical (unpaired) electrons. The Balaban J connectivity index is 3.95. The smallest absolute Gasteiger partial charge is 0.235 e. The Bertz CT molecular complexity index is 190. The summed E-state index contributed by atoms with van der Waals surface area (Å²) in [5, 5.41) is 0. The Kier molecular flexibility index (Phi) is 7.82. The summed E-state index contributed by atoms with van der Waals surface area (Å²) in [4.78, 5) is 13.3. The molecule has 3 N–H and O–H groups in total. The predicted octanol–water partition coefficient (Wildman–Crippen LogP) is 0.828. The van der Waals surface area contributed by atoms with E-state index in [1.165, 1.54) is 0 Å². The van der Waals surface area contributed by atoms with Crippen LogP contribution in [0, 0.1) is 0 Å². The molecule has 0 aromatic heterocycles. The molecular formula is C10H23N3OS. The van der Waals surface area contributed by atoms with Crippen LogP contribution in [0.2, 0.25) is 0 Å². The molecule has 15 heavy (non-hydrogen) atoms. The minimum Gasteiger partial charge on any atom is -0.300 e.